The fraction of sp³-hybridized carbons (Fsp3) is 0.143. The number of nitrogens with one attached hydrogen (secondary N) is 2. The monoisotopic (exact) mass is 827 g/mol. The van der Waals surface area contributed by atoms with E-state index in [4.69, 9.17) is 10.6 Å². The molecule has 8 rings (SSSR count). The molecule has 0 aliphatic carbocycles. The number of aromatic nitrogens is 1. The number of nitrogen functional groups attached to an aromatic ring is 1. The van der Waals surface area contributed by atoms with Crippen LogP contribution >= 0.6 is 23.1 Å². The van der Waals surface area contributed by atoms with Crippen LogP contribution < -0.4 is 16.4 Å². The molecule has 1 aromatic heterocycles. The van der Waals surface area contributed by atoms with Crippen molar-refractivity contribution in [2.24, 2.45) is 5.16 Å². The number of carboxylic acids is 1. The van der Waals surface area contributed by atoms with Gasteiger partial charge in [0.15, 0.2) is 10.8 Å². The summed E-state index contributed by atoms with van der Waals surface area (Å²) < 4.78 is 0. The Balaban J connectivity index is 1.16. The van der Waals surface area contributed by atoms with Crippen molar-refractivity contribution < 1.29 is 34.0 Å². The highest BCUT2D eigenvalue weighted by atomic mass is 32.2. The van der Waals surface area contributed by atoms with E-state index in [1.54, 1.807) is 6.07 Å². The van der Waals surface area contributed by atoms with Gasteiger partial charge in [-0.1, -0.05) is 108 Å². The molecule has 2 saturated heterocycles. The molecule has 0 spiro atoms. The molecule has 2 atom stereocenters. The highest BCUT2D eigenvalue weighted by Crippen LogP contribution is 2.46. The van der Waals surface area contributed by atoms with Gasteiger partial charge in [-0.3, -0.25) is 29.4 Å². The number of aliphatic carboxylic acids is 1. The number of benzene rings is 4. The summed E-state index contributed by atoms with van der Waals surface area (Å²) >= 11 is 2.25. The fourth-order valence-electron chi connectivity index (χ4n) is 7.48. The lowest BCUT2D eigenvalue weighted by Gasteiger charge is -2.49. The van der Waals surface area contributed by atoms with Crippen molar-refractivity contribution in [3.8, 4) is 0 Å². The second kappa shape index (κ2) is 16.0. The topological polar surface area (TPSA) is 219 Å². The van der Waals surface area contributed by atoms with E-state index in [1.807, 2.05) is 91.0 Å². The maximum atomic E-state index is 14.4. The third-order valence-electron chi connectivity index (χ3n) is 10.1. The van der Waals surface area contributed by atoms with Crippen molar-refractivity contribution in [2.75, 3.05) is 18.0 Å². The number of fused-ring (bicyclic) bond motifs is 1. The summed E-state index contributed by atoms with van der Waals surface area (Å²) in [5.41, 5.74) is 6.81. The number of hydrogen-bond donors (Lipinski definition) is 4. The molecule has 4 heterocycles. The van der Waals surface area contributed by atoms with Crippen LogP contribution in [0.2, 0.25) is 0 Å². The number of allylic oxidation sites excluding steroid dienone is 1. The number of oxime groups is 1. The number of amides is 3. The van der Waals surface area contributed by atoms with E-state index >= 15 is 0 Å². The van der Waals surface area contributed by atoms with Crippen molar-refractivity contribution in [3.63, 3.8) is 0 Å². The number of nitrogens with two attached hydrogens (primary N) is 1. The van der Waals surface area contributed by atoms with Gasteiger partial charge in [0.05, 0.1) is 4.92 Å². The molecule has 3 aliphatic heterocycles. The molecular formula is C42H33N7O8S2. The molecule has 15 nitrogen and oxygen atoms in total. The number of β-lactam (4-membered cyclic amide) rings is 1. The molecule has 59 heavy (non-hydrogen) atoms. The summed E-state index contributed by atoms with van der Waals surface area (Å²) in [5.74, 6) is -3.44. The Morgan fingerprint density at radius 2 is 1.59 bits per heavy atom. The average molecular weight is 828 g/mol. The number of carboxylic acid groups (broad SMARTS) is 1. The maximum absolute atomic E-state index is 14.4. The minimum Gasteiger partial charge on any atom is -0.477 e. The van der Waals surface area contributed by atoms with Crippen molar-refractivity contribution in [1.29, 1.82) is 0 Å². The first-order valence-electron chi connectivity index (χ1n) is 18.2. The SMILES string of the molecule is Nc1nc(C(=NOC(c2ccccc2)(c2ccccc2)c2ccccc2)C(=O)N[C@@H]2C(=O)N3C(C(=O)O)=C(C(=C4CCNC4=O)c4cccc([N+](=O)[O-])c4)CS[C@H]23)cs1. The molecule has 3 aliphatic rings. The third kappa shape index (κ3) is 7.10. The number of hydrogen-bond acceptors (Lipinski definition) is 12. The predicted molar refractivity (Wildman–Crippen MR) is 221 cm³/mol. The Hall–Kier alpha value is -7.11. The molecular weight excluding hydrogens is 795 g/mol. The van der Waals surface area contributed by atoms with E-state index in [1.165, 1.54) is 35.3 Å². The molecule has 0 saturated carbocycles. The van der Waals surface area contributed by atoms with Crippen LogP contribution in [0.5, 0.6) is 0 Å². The molecule has 2 fully saturated rings. The van der Waals surface area contributed by atoms with Gasteiger partial charge in [-0.15, -0.1) is 23.1 Å². The number of non-ortho nitro benzene ring substituents is 1. The Morgan fingerprint density at radius 3 is 2.12 bits per heavy atom. The van der Waals surface area contributed by atoms with Gasteiger partial charge >= 0.3 is 5.97 Å². The Bertz CT molecular complexity index is 2500. The highest BCUT2D eigenvalue weighted by molar-refractivity contribution is 8.00. The van der Waals surface area contributed by atoms with Crippen LogP contribution in [0, 0.1) is 10.1 Å². The Labute approximate surface area is 344 Å². The van der Waals surface area contributed by atoms with Crippen molar-refractivity contribution in [3.05, 3.63) is 176 Å². The minimum absolute atomic E-state index is 0.00230. The lowest BCUT2D eigenvalue weighted by molar-refractivity contribution is -0.384. The van der Waals surface area contributed by atoms with Crippen molar-refractivity contribution in [1.82, 2.24) is 20.5 Å². The van der Waals surface area contributed by atoms with E-state index in [-0.39, 0.29) is 68.9 Å². The van der Waals surface area contributed by atoms with Crippen LogP contribution in [0.3, 0.4) is 0 Å². The van der Waals surface area contributed by atoms with E-state index in [0.29, 0.717) is 16.7 Å². The van der Waals surface area contributed by atoms with Gasteiger partial charge in [0.1, 0.15) is 22.8 Å². The molecule has 5 aromatic rings. The number of rotatable bonds is 12. The summed E-state index contributed by atoms with van der Waals surface area (Å²) in [6.45, 7) is 0.288. The first kappa shape index (κ1) is 38.7. The summed E-state index contributed by atoms with van der Waals surface area (Å²) in [6, 6.07) is 32.5. The predicted octanol–water partition coefficient (Wildman–Crippen LogP) is 5.06. The first-order valence-corrected chi connectivity index (χ1v) is 20.1. The molecule has 296 valence electrons. The average Bonchev–Trinajstić information content (AvgIpc) is 3.89. The number of thioether (sulfide) groups is 1. The summed E-state index contributed by atoms with van der Waals surface area (Å²) in [7, 11) is 0. The Morgan fingerprint density at radius 1 is 0.966 bits per heavy atom. The summed E-state index contributed by atoms with van der Waals surface area (Å²) in [6.07, 6.45) is 0.236. The number of anilines is 1. The number of nitro groups is 1. The minimum atomic E-state index is -1.45. The van der Waals surface area contributed by atoms with Crippen LogP contribution in [-0.2, 0) is 29.6 Å². The summed E-state index contributed by atoms with van der Waals surface area (Å²) in [4.78, 5) is 77.5. The first-order chi connectivity index (χ1) is 28.6. The van der Waals surface area contributed by atoms with Gasteiger partial charge < -0.3 is 26.3 Å². The molecule has 0 bridgehead atoms. The number of carbonyl (C=O) groups is 4. The largest absolute Gasteiger partial charge is 0.477 e. The lowest BCUT2D eigenvalue weighted by Crippen LogP contribution is -2.71. The number of thiazole rings is 1. The van der Waals surface area contributed by atoms with E-state index < -0.39 is 45.6 Å². The van der Waals surface area contributed by atoms with Gasteiger partial charge in [0.25, 0.3) is 17.5 Å². The number of carbonyl (C=O) groups excluding carboxylic acids is 3. The second-order valence-electron chi connectivity index (χ2n) is 13.5. The van der Waals surface area contributed by atoms with Gasteiger partial charge in [-0.25, -0.2) is 9.78 Å². The molecule has 4 aromatic carbocycles. The highest BCUT2D eigenvalue weighted by Gasteiger charge is 2.55. The smallest absolute Gasteiger partial charge is 0.352 e. The second-order valence-corrected chi connectivity index (χ2v) is 15.5. The third-order valence-corrected chi connectivity index (χ3v) is 12.1. The van der Waals surface area contributed by atoms with Gasteiger partial charge in [0, 0.05) is 57.6 Å². The zero-order valence-electron chi connectivity index (χ0n) is 30.8. The molecule has 3 amide bonds. The van der Waals surface area contributed by atoms with E-state index in [9.17, 15) is 34.4 Å². The zero-order valence-corrected chi connectivity index (χ0v) is 32.4. The maximum Gasteiger partial charge on any atom is 0.352 e. The van der Waals surface area contributed by atoms with Gasteiger partial charge in [-0.05, 0) is 17.6 Å². The van der Waals surface area contributed by atoms with Crippen LogP contribution in [-0.4, -0.2) is 73.0 Å². The van der Waals surface area contributed by atoms with Crippen LogP contribution in [0.15, 0.2) is 143 Å². The van der Waals surface area contributed by atoms with E-state index in [2.05, 4.69) is 20.8 Å². The lowest BCUT2D eigenvalue weighted by atomic mass is 9.80. The Kier molecular flexibility index (Phi) is 10.5. The van der Waals surface area contributed by atoms with Crippen LogP contribution in [0.4, 0.5) is 10.8 Å². The van der Waals surface area contributed by atoms with Crippen molar-refractivity contribution in [2.45, 2.75) is 23.4 Å². The molecule has 0 unspecified atom stereocenters. The van der Waals surface area contributed by atoms with Gasteiger partial charge in [0.2, 0.25) is 11.5 Å². The van der Waals surface area contributed by atoms with Crippen LogP contribution in [0.1, 0.15) is 34.4 Å². The van der Waals surface area contributed by atoms with Gasteiger partial charge in [-0.2, -0.15) is 0 Å². The standard InChI is InChI=1S/C42H33N7O8S2/c43-41-45-31(23-59-41)33(47-57-42(25-12-4-1-5-13-25,26-14-6-2-7-15-26)27-16-8-3-9-17-27)37(51)46-34-38(52)48-35(40(53)54)30(22-58-39(34)48)32(29-19-20-44-36(29)50)24-11-10-18-28(21-24)49(55)56/h1-18,21,23,34,39H,19-20,22H2,(H2,43,45)(H,44,50)(H,46,51)(H,53,54)/t34-,39-/m1/s1. The molecule has 5 N–H and O–H groups in total. The molecule has 17 heteroatoms. The number of nitro benzene ring substituents is 1. The van der Waals surface area contributed by atoms with Crippen molar-refractivity contribution >= 4 is 68.9 Å². The number of nitrogens with zero attached hydrogens (tertiary/aromatic N) is 4. The summed E-state index contributed by atoms with van der Waals surface area (Å²) in [5, 5.41) is 33.1. The molecule has 0 radical (unpaired) electrons. The quantitative estimate of drug-likeness (QED) is 0.0325. The zero-order chi connectivity index (χ0) is 41.3. The van der Waals surface area contributed by atoms with E-state index in [0.717, 1.165) is 16.2 Å². The van der Waals surface area contributed by atoms with Crippen LogP contribution in [0.25, 0.3) is 5.57 Å². The fourth-order valence-corrected chi connectivity index (χ4v) is 9.38. The normalized spacial score (nSPS) is 18.7.